The molecular weight excluding hydrogens is 330 g/mol. The Morgan fingerprint density at radius 1 is 1.23 bits per heavy atom. The van der Waals surface area contributed by atoms with E-state index in [1.165, 1.54) is 6.42 Å². The van der Waals surface area contributed by atoms with E-state index < -0.39 is 6.10 Å². The maximum atomic E-state index is 10.6. The van der Waals surface area contributed by atoms with E-state index in [-0.39, 0.29) is 24.7 Å². The van der Waals surface area contributed by atoms with Crippen LogP contribution in [0.3, 0.4) is 0 Å². The number of morpholine rings is 1. The van der Waals surface area contributed by atoms with Crippen molar-refractivity contribution in [3.8, 4) is 5.75 Å². The van der Waals surface area contributed by atoms with Crippen molar-refractivity contribution in [2.45, 2.75) is 57.8 Å². The molecule has 1 aromatic carbocycles. The lowest BCUT2D eigenvalue weighted by Crippen LogP contribution is -2.55. The molecule has 0 spiro atoms. The van der Waals surface area contributed by atoms with Crippen molar-refractivity contribution in [2.24, 2.45) is 5.92 Å². The van der Waals surface area contributed by atoms with Gasteiger partial charge in [0, 0.05) is 25.0 Å². The molecule has 0 bridgehead atoms. The highest BCUT2D eigenvalue weighted by molar-refractivity contribution is 5.39. The van der Waals surface area contributed by atoms with Crippen LogP contribution < -0.4 is 4.74 Å². The van der Waals surface area contributed by atoms with Gasteiger partial charge in [0.2, 0.25) is 0 Å². The van der Waals surface area contributed by atoms with Crippen molar-refractivity contribution < 1.29 is 19.7 Å². The first kappa shape index (κ1) is 19.6. The molecule has 2 fully saturated rings. The second-order valence-corrected chi connectivity index (χ2v) is 7.84. The summed E-state index contributed by atoms with van der Waals surface area (Å²) < 4.78 is 11.6. The molecule has 146 valence electrons. The number of aliphatic hydroxyl groups excluding tert-OH is 2. The third-order valence-corrected chi connectivity index (χ3v) is 5.83. The molecule has 0 radical (unpaired) electrons. The molecule has 3 rings (SSSR count). The van der Waals surface area contributed by atoms with Crippen molar-refractivity contribution in [2.75, 3.05) is 32.9 Å². The van der Waals surface area contributed by atoms with Gasteiger partial charge in [-0.05, 0) is 37.8 Å². The number of benzene rings is 1. The van der Waals surface area contributed by atoms with Crippen molar-refractivity contribution in [1.82, 2.24) is 4.90 Å². The van der Waals surface area contributed by atoms with Crippen molar-refractivity contribution >= 4 is 0 Å². The van der Waals surface area contributed by atoms with Crippen molar-refractivity contribution in [3.05, 3.63) is 29.3 Å². The standard InChI is InChI=1S/C21H33NO4/c1-15-6-5-7-16(2)21(15)26-13-17(23)12-22-10-11-25-14-19(22)18-8-3-4-9-20(18)24/h5-7,17-20,23-24H,3-4,8-14H2,1-2H3. The Bertz CT molecular complexity index is 559. The van der Waals surface area contributed by atoms with Gasteiger partial charge in [-0.3, -0.25) is 4.90 Å². The summed E-state index contributed by atoms with van der Waals surface area (Å²) >= 11 is 0. The number of β-amino-alcohol motifs (C(OH)–C–C–N with tert-alkyl or cyclic N) is 1. The quantitative estimate of drug-likeness (QED) is 0.812. The maximum absolute atomic E-state index is 10.6. The monoisotopic (exact) mass is 363 g/mol. The largest absolute Gasteiger partial charge is 0.490 e. The summed E-state index contributed by atoms with van der Waals surface area (Å²) in [6, 6.07) is 6.25. The Balaban J connectivity index is 1.57. The molecule has 1 aliphatic heterocycles. The molecule has 5 heteroatoms. The van der Waals surface area contributed by atoms with Gasteiger partial charge in [0.1, 0.15) is 18.5 Å². The summed E-state index contributed by atoms with van der Waals surface area (Å²) in [5, 5.41) is 21.0. The highest BCUT2D eigenvalue weighted by atomic mass is 16.5. The van der Waals surface area contributed by atoms with Crippen molar-refractivity contribution in [1.29, 1.82) is 0 Å². The normalized spacial score (nSPS) is 28.7. The maximum Gasteiger partial charge on any atom is 0.125 e. The van der Waals surface area contributed by atoms with E-state index in [1.807, 2.05) is 32.0 Å². The number of aryl methyl sites for hydroxylation is 2. The molecule has 5 nitrogen and oxygen atoms in total. The highest BCUT2D eigenvalue weighted by Crippen LogP contribution is 2.31. The van der Waals surface area contributed by atoms with E-state index in [1.54, 1.807) is 0 Å². The van der Waals surface area contributed by atoms with Crippen LogP contribution in [0.25, 0.3) is 0 Å². The van der Waals surface area contributed by atoms with E-state index in [0.717, 1.165) is 42.7 Å². The Labute approximate surface area is 156 Å². The molecule has 4 unspecified atom stereocenters. The van der Waals surface area contributed by atoms with Crippen LogP contribution in [0.1, 0.15) is 36.8 Å². The van der Waals surface area contributed by atoms with Gasteiger partial charge in [-0.15, -0.1) is 0 Å². The number of rotatable bonds is 6. The van der Waals surface area contributed by atoms with Crippen LogP contribution in [0.15, 0.2) is 18.2 Å². The zero-order valence-electron chi connectivity index (χ0n) is 16.1. The average molecular weight is 363 g/mol. The summed E-state index contributed by atoms with van der Waals surface area (Å²) in [4.78, 5) is 2.29. The average Bonchev–Trinajstić information content (AvgIpc) is 2.62. The summed E-state index contributed by atoms with van der Waals surface area (Å²) in [5.74, 6) is 1.11. The Kier molecular flexibility index (Phi) is 6.92. The van der Waals surface area contributed by atoms with Gasteiger partial charge in [-0.25, -0.2) is 0 Å². The van der Waals surface area contributed by atoms with E-state index in [0.29, 0.717) is 19.8 Å². The van der Waals surface area contributed by atoms with Gasteiger partial charge in [0.15, 0.2) is 0 Å². The number of para-hydroxylation sites is 1. The Hall–Kier alpha value is -1.14. The first-order chi connectivity index (χ1) is 12.6. The van der Waals surface area contributed by atoms with Crippen LogP contribution in [0.4, 0.5) is 0 Å². The van der Waals surface area contributed by atoms with E-state index in [2.05, 4.69) is 4.90 Å². The third kappa shape index (κ3) is 4.77. The summed E-state index contributed by atoms with van der Waals surface area (Å²) in [7, 11) is 0. The molecule has 0 aromatic heterocycles. The zero-order chi connectivity index (χ0) is 18.5. The van der Waals surface area contributed by atoms with Crippen LogP contribution in [-0.4, -0.2) is 66.3 Å². The van der Waals surface area contributed by atoms with E-state index >= 15 is 0 Å². The Morgan fingerprint density at radius 3 is 2.69 bits per heavy atom. The predicted octanol–water partition coefficient (Wildman–Crippen LogP) is 2.30. The zero-order valence-corrected chi connectivity index (χ0v) is 16.1. The summed E-state index contributed by atoms with van der Waals surface area (Å²) in [6.45, 7) is 7.02. The van der Waals surface area contributed by atoms with Gasteiger partial charge in [-0.2, -0.15) is 0 Å². The molecular formula is C21H33NO4. The first-order valence-electron chi connectivity index (χ1n) is 9.93. The third-order valence-electron chi connectivity index (χ3n) is 5.83. The topological polar surface area (TPSA) is 62.2 Å². The lowest BCUT2D eigenvalue weighted by atomic mass is 9.80. The highest BCUT2D eigenvalue weighted by Gasteiger charge is 2.36. The van der Waals surface area contributed by atoms with Crippen LogP contribution in [-0.2, 0) is 4.74 Å². The number of ether oxygens (including phenoxy) is 2. The van der Waals surface area contributed by atoms with Crippen LogP contribution in [0, 0.1) is 19.8 Å². The van der Waals surface area contributed by atoms with Gasteiger partial charge in [0.25, 0.3) is 0 Å². The number of aliphatic hydroxyl groups is 2. The fourth-order valence-electron chi connectivity index (χ4n) is 4.40. The smallest absolute Gasteiger partial charge is 0.125 e. The fraction of sp³-hybridized carbons (Fsp3) is 0.714. The lowest BCUT2D eigenvalue weighted by molar-refractivity contribution is -0.0816. The minimum absolute atomic E-state index is 0.189. The predicted molar refractivity (Wildman–Crippen MR) is 102 cm³/mol. The van der Waals surface area contributed by atoms with E-state index in [4.69, 9.17) is 9.47 Å². The number of hydrogen-bond acceptors (Lipinski definition) is 5. The minimum Gasteiger partial charge on any atom is -0.490 e. The molecule has 1 aromatic rings. The second-order valence-electron chi connectivity index (χ2n) is 7.84. The molecule has 1 saturated carbocycles. The van der Waals surface area contributed by atoms with Gasteiger partial charge < -0.3 is 19.7 Å². The van der Waals surface area contributed by atoms with Crippen LogP contribution in [0.2, 0.25) is 0 Å². The SMILES string of the molecule is Cc1cccc(C)c1OCC(O)CN1CCOCC1C1CCCCC1O. The van der Waals surface area contributed by atoms with Gasteiger partial charge in [-0.1, -0.05) is 31.0 Å². The number of nitrogens with zero attached hydrogens (tertiary/aromatic N) is 1. The summed E-state index contributed by atoms with van der Waals surface area (Å²) in [6.07, 6.45) is 3.40. The molecule has 2 aliphatic rings. The molecule has 1 saturated heterocycles. The van der Waals surface area contributed by atoms with Crippen LogP contribution >= 0.6 is 0 Å². The molecule has 4 atom stereocenters. The first-order valence-corrected chi connectivity index (χ1v) is 9.93. The summed E-state index contributed by atoms with van der Waals surface area (Å²) in [5.41, 5.74) is 2.18. The van der Waals surface area contributed by atoms with E-state index in [9.17, 15) is 10.2 Å². The number of hydrogen-bond donors (Lipinski definition) is 2. The minimum atomic E-state index is -0.560. The molecule has 0 amide bonds. The Morgan fingerprint density at radius 2 is 1.96 bits per heavy atom. The second kappa shape index (κ2) is 9.18. The molecule has 2 N–H and O–H groups in total. The molecule has 1 heterocycles. The van der Waals surface area contributed by atoms with Gasteiger partial charge in [0.05, 0.1) is 19.3 Å². The van der Waals surface area contributed by atoms with Crippen molar-refractivity contribution in [3.63, 3.8) is 0 Å². The molecule has 26 heavy (non-hydrogen) atoms. The van der Waals surface area contributed by atoms with Crippen LogP contribution in [0.5, 0.6) is 5.75 Å². The fourth-order valence-corrected chi connectivity index (χ4v) is 4.40. The van der Waals surface area contributed by atoms with Gasteiger partial charge >= 0.3 is 0 Å². The lowest BCUT2D eigenvalue weighted by Gasteiger charge is -2.44. The molecule has 1 aliphatic carbocycles.